The van der Waals surface area contributed by atoms with E-state index in [4.69, 9.17) is 15.9 Å². The summed E-state index contributed by atoms with van der Waals surface area (Å²) in [6, 6.07) is 25.3. The number of amidine groups is 1. The van der Waals surface area contributed by atoms with E-state index in [-0.39, 0.29) is 23.6 Å². The van der Waals surface area contributed by atoms with E-state index in [1.165, 1.54) is 0 Å². The zero-order chi connectivity index (χ0) is 20.9. The Labute approximate surface area is 176 Å². The first kappa shape index (κ1) is 19.7. The van der Waals surface area contributed by atoms with Crippen molar-refractivity contribution in [2.24, 2.45) is 5.73 Å². The van der Waals surface area contributed by atoms with Gasteiger partial charge in [-0.2, -0.15) is 0 Å². The number of fused-ring (bicyclic) bond motifs is 1. The minimum Gasteiger partial charge on any atom is -0.493 e. The number of ether oxygens (including phenoxy) is 1. The third-order valence-corrected chi connectivity index (χ3v) is 5.52. The van der Waals surface area contributed by atoms with Crippen LogP contribution in [-0.4, -0.2) is 24.9 Å². The van der Waals surface area contributed by atoms with Crippen LogP contribution in [0.4, 0.5) is 0 Å². The van der Waals surface area contributed by atoms with Crippen molar-refractivity contribution in [1.82, 2.24) is 5.32 Å². The molecule has 1 unspecified atom stereocenters. The Balaban J connectivity index is 1.44. The normalized spacial score (nSPS) is 14.8. The van der Waals surface area contributed by atoms with Gasteiger partial charge in [0.15, 0.2) is 0 Å². The highest BCUT2D eigenvalue weighted by molar-refractivity contribution is 5.95. The van der Waals surface area contributed by atoms with Gasteiger partial charge in [0.1, 0.15) is 11.6 Å². The molecular weight excluding hydrogens is 374 g/mol. The Bertz CT molecular complexity index is 995. The molecule has 4 rings (SSSR count). The highest BCUT2D eigenvalue weighted by Crippen LogP contribution is 2.36. The maximum atomic E-state index is 13.1. The van der Waals surface area contributed by atoms with Crippen LogP contribution in [0, 0.1) is 5.41 Å². The lowest BCUT2D eigenvalue weighted by atomic mass is 9.90. The third kappa shape index (κ3) is 4.20. The number of nitrogen functional groups attached to an aromatic ring is 1. The van der Waals surface area contributed by atoms with Crippen LogP contribution in [0.5, 0.6) is 5.75 Å². The predicted molar refractivity (Wildman–Crippen MR) is 118 cm³/mol. The third-order valence-electron chi connectivity index (χ3n) is 5.52. The van der Waals surface area contributed by atoms with E-state index in [2.05, 4.69) is 5.32 Å². The van der Waals surface area contributed by atoms with Gasteiger partial charge in [-0.1, -0.05) is 60.7 Å². The molecule has 1 atom stereocenters. The molecule has 0 saturated heterocycles. The maximum absolute atomic E-state index is 13.1. The molecule has 1 aliphatic heterocycles. The van der Waals surface area contributed by atoms with Gasteiger partial charge in [0.2, 0.25) is 5.91 Å². The number of nitrogens with one attached hydrogen (secondary N) is 2. The molecule has 3 aromatic carbocycles. The number of carbonyl (C=O) groups excluding carboxylic acids is 1. The minimum absolute atomic E-state index is 0.0102. The zero-order valence-electron chi connectivity index (χ0n) is 16.7. The van der Waals surface area contributed by atoms with Gasteiger partial charge in [-0.05, 0) is 35.7 Å². The second-order valence-corrected chi connectivity index (χ2v) is 7.51. The standard InChI is InChI=1S/C25H25N3O2/c26-24(27)19-11-12-22-21(15-19)20(16-30-22)13-14-28-25(29)23(17-7-3-1-4-8-17)18-9-5-2-6-10-18/h1-12,15,20,23H,13-14,16H2,(H3,26,27)(H,28,29). The molecule has 0 radical (unpaired) electrons. The molecule has 5 heteroatoms. The molecular formula is C25H25N3O2. The van der Waals surface area contributed by atoms with Crippen LogP contribution < -0.4 is 15.8 Å². The monoisotopic (exact) mass is 399 g/mol. The molecule has 0 saturated carbocycles. The predicted octanol–water partition coefficient (Wildman–Crippen LogP) is 3.79. The number of amides is 1. The van der Waals surface area contributed by atoms with Gasteiger partial charge in [0.25, 0.3) is 0 Å². The maximum Gasteiger partial charge on any atom is 0.232 e. The molecule has 1 heterocycles. The fraction of sp³-hybridized carbons (Fsp3) is 0.200. The first-order valence-electron chi connectivity index (χ1n) is 10.1. The fourth-order valence-corrected chi connectivity index (χ4v) is 3.94. The summed E-state index contributed by atoms with van der Waals surface area (Å²) in [4.78, 5) is 13.1. The molecule has 30 heavy (non-hydrogen) atoms. The van der Waals surface area contributed by atoms with E-state index in [0.717, 1.165) is 28.9 Å². The summed E-state index contributed by atoms with van der Waals surface area (Å²) in [6.45, 7) is 1.13. The van der Waals surface area contributed by atoms with Crippen molar-refractivity contribution in [2.45, 2.75) is 18.3 Å². The molecule has 0 bridgehead atoms. The van der Waals surface area contributed by atoms with Crippen molar-refractivity contribution >= 4 is 11.7 Å². The Morgan fingerprint density at radius 1 is 1.03 bits per heavy atom. The number of benzene rings is 3. The smallest absolute Gasteiger partial charge is 0.232 e. The van der Waals surface area contributed by atoms with Crippen LogP contribution >= 0.6 is 0 Å². The highest BCUT2D eigenvalue weighted by Gasteiger charge is 2.26. The number of nitrogens with two attached hydrogens (primary N) is 1. The SMILES string of the molecule is N=C(N)c1ccc2c(c1)C(CCNC(=O)C(c1ccccc1)c1ccccc1)CO2. The average molecular weight is 399 g/mol. The van der Waals surface area contributed by atoms with Crippen LogP contribution in [0.1, 0.15) is 40.5 Å². The van der Waals surface area contributed by atoms with Gasteiger partial charge < -0.3 is 15.8 Å². The van der Waals surface area contributed by atoms with Crippen molar-refractivity contribution in [2.75, 3.05) is 13.2 Å². The van der Waals surface area contributed by atoms with E-state index < -0.39 is 0 Å². The first-order valence-corrected chi connectivity index (χ1v) is 10.1. The summed E-state index contributed by atoms with van der Waals surface area (Å²) in [5.41, 5.74) is 9.32. The zero-order valence-corrected chi connectivity index (χ0v) is 16.7. The Hall–Kier alpha value is -3.60. The Kier molecular flexibility index (Phi) is 5.80. The summed E-state index contributed by atoms with van der Waals surface area (Å²) < 4.78 is 5.77. The number of hydrogen-bond acceptors (Lipinski definition) is 3. The van der Waals surface area contributed by atoms with E-state index in [1.54, 1.807) is 6.07 Å². The van der Waals surface area contributed by atoms with Gasteiger partial charge >= 0.3 is 0 Å². The van der Waals surface area contributed by atoms with Crippen LogP contribution in [-0.2, 0) is 4.79 Å². The van der Waals surface area contributed by atoms with E-state index in [9.17, 15) is 4.79 Å². The summed E-state index contributed by atoms with van der Waals surface area (Å²) >= 11 is 0. The highest BCUT2D eigenvalue weighted by atomic mass is 16.5. The molecule has 0 fully saturated rings. The van der Waals surface area contributed by atoms with Crippen LogP contribution in [0.25, 0.3) is 0 Å². The Morgan fingerprint density at radius 3 is 2.27 bits per heavy atom. The van der Waals surface area contributed by atoms with E-state index >= 15 is 0 Å². The van der Waals surface area contributed by atoms with Crippen molar-refractivity contribution in [3.05, 3.63) is 101 Å². The lowest BCUT2D eigenvalue weighted by molar-refractivity contribution is -0.121. The van der Waals surface area contributed by atoms with E-state index in [0.29, 0.717) is 18.7 Å². The van der Waals surface area contributed by atoms with Crippen molar-refractivity contribution < 1.29 is 9.53 Å². The van der Waals surface area contributed by atoms with Gasteiger partial charge in [-0.3, -0.25) is 10.2 Å². The van der Waals surface area contributed by atoms with Crippen LogP contribution in [0.2, 0.25) is 0 Å². The van der Waals surface area contributed by atoms with Crippen molar-refractivity contribution in [1.29, 1.82) is 5.41 Å². The second-order valence-electron chi connectivity index (χ2n) is 7.51. The molecule has 0 aromatic heterocycles. The van der Waals surface area contributed by atoms with Gasteiger partial charge in [0, 0.05) is 23.6 Å². The minimum atomic E-state index is -0.344. The number of carbonyl (C=O) groups is 1. The molecule has 1 amide bonds. The Morgan fingerprint density at radius 2 is 1.67 bits per heavy atom. The summed E-state index contributed by atoms with van der Waals surface area (Å²) in [5.74, 6) is 0.701. The molecule has 0 spiro atoms. The molecule has 1 aliphatic rings. The van der Waals surface area contributed by atoms with Crippen LogP contribution in [0.3, 0.4) is 0 Å². The number of hydrogen-bond donors (Lipinski definition) is 3. The van der Waals surface area contributed by atoms with Crippen molar-refractivity contribution in [3.63, 3.8) is 0 Å². The lowest BCUT2D eigenvalue weighted by Crippen LogP contribution is -2.31. The summed E-state index contributed by atoms with van der Waals surface area (Å²) in [6.07, 6.45) is 0.760. The molecule has 152 valence electrons. The van der Waals surface area contributed by atoms with Gasteiger partial charge in [0.05, 0.1) is 12.5 Å². The molecule has 4 N–H and O–H groups in total. The van der Waals surface area contributed by atoms with E-state index in [1.807, 2.05) is 72.8 Å². The summed E-state index contributed by atoms with van der Waals surface area (Å²) in [7, 11) is 0. The molecule has 0 aliphatic carbocycles. The van der Waals surface area contributed by atoms with Crippen LogP contribution in [0.15, 0.2) is 78.9 Å². The van der Waals surface area contributed by atoms with Gasteiger partial charge in [-0.15, -0.1) is 0 Å². The topological polar surface area (TPSA) is 88.2 Å². The van der Waals surface area contributed by atoms with Gasteiger partial charge in [-0.25, -0.2) is 0 Å². The second kappa shape index (κ2) is 8.82. The lowest BCUT2D eigenvalue weighted by Gasteiger charge is -2.18. The average Bonchev–Trinajstić information content (AvgIpc) is 3.18. The number of rotatable bonds is 7. The molecule has 5 nitrogen and oxygen atoms in total. The largest absolute Gasteiger partial charge is 0.493 e. The van der Waals surface area contributed by atoms with Crippen molar-refractivity contribution in [3.8, 4) is 5.75 Å². The fourth-order valence-electron chi connectivity index (χ4n) is 3.94. The quantitative estimate of drug-likeness (QED) is 0.417. The summed E-state index contributed by atoms with van der Waals surface area (Å²) in [5, 5.41) is 10.8. The first-order chi connectivity index (χ1) is 14.6. The molecule has 3 aromatic rings.